The average Bonchev–Trinajstić information content (AvgIpc) is 3.05. The van der Waals surface area contributed by atoms with Crippen molar-refractivity contribution in [3.63, 3.8) is 0 Å². The molecule has 1 saturated heterocycles. The molecular weight excluding hydrogens is 334 g/mol. The summed E-state index contributed by atoms with van der Waals surface area (Å²) in [5.74, 6) is 0.768. The lowest BCUT2D eigenvalue weighted by molar-refractivity contribution is 0.0677. The van der Waals surface area contributed by atoms with Crippen molar-refractivity contribution < 1.29 is 5.11 Å². The highest BCUT2D eigenvalue weighted by atomic mass is 32.1. The number of thiophene rings is 1. The molecule has 1 aromatic rings. The largest absolute Gasteiger partial charge is 0.383 e. The average molecular weight is 368 g/mol. The van der Waals surface area contributed by atoms with E-state index in [1.807, 2.05) is 23.8 Å². The maximum absolute atomic E-state index is 10.6. The van der Waals surface area contributed by atoms with Crippen molar-refractivity contribution >= 4 is 17.3 Å². The second kappa shape index (κ2) is 10.1. The zero-order chi connectivity index (χ0) is 18.1. The molecule has 1 aliphatic heterocycles. The molecule has 3 N–H and O–H groups in total. The van der Waals surface area contributed by atoms with Gasteiger partial charge in [0.1, 0.15) is 5.60 Å². The Hall–Kier alpha value is -1.15. The number of rotatable bonds is 7. The van der Waals surface area contributed by atoms with Crippen LogP contribution in [0.15, 0.2) is 21.8 Å². The van der Waals surface area contributed by atoms with Crippen LogP contribution in [0.2, 0.25) is 0 Å². The summed E-state index contributed by atoms with van der Waals surface area (Å²) in [6.45, 7) is 11.5. The van der Waals surface area contributed by atoms with Crippen LogP contribution in [-0.4, -0.2) is 80.3 Å². The molecule has 6 nitrogen and oxygen atoms in total. The predicted molar refractivity (Wildman–Crippen MR) is 106 cm³/mol. The van der Waals surface area contributed by atoms with Gasteiger partial charge in [-0.25, -0.2) is 4.99 Å². The molecule has 1 aliphatic rings. The highest BCUT2D eigenvalue weighted by Gasteiger charge is 2.23. The monoisotopic (exact) mass is 367 g/mol. The molecule has 2 rings (SSSR count). The lowest BCUT2D eigenvalue weighted by Gasteiger charge is -2.22. The van der Waals surface area contributed by atoms with Crippen LogP contribution in [0, 0.1) is 0 Å². The molecule has 2 heterocycles. The maximum atomic E-state index is 10.6. The van der Waals surface area contributed by atoms with Gasteiger partial charge in [0.15, 0.2) is 5.96 Å². The minimum atomic E-state index is -0.933. The number of nitrogens with zero attached hydrogens (tertiary/aromatic N) is 3. The fraction of sp³-hybridized carbons (Fsp3) is 0.722. The molecular formula is C18H33N5OS. The Bertz CT molecular complexity index is 518. The van der Waals surface area contributed by atoms with Crippen LogP contribution in [-0.2, 0) is 5.60 Å². The zero-order valence-electron chi connectivity index (χ0n) is 15.8. The van der Waals surface area contributed by atoms with Gasteiger partial charge >= 0.3 is 0 Å². The minimum absolute atomic E-state index is 0.341. The molecule has 0 aliphatic carbocycles. The van der Waals surface area contributed by atoms with E-state index in [0.29, 0.717) is 6.54 Å². The summed E-state index contributed by atoms with van der Waals surface area (Å²) < 4.78 is 0. The Morgan fingerprint density at radius 3 is 2.88 bits per heavy atom. The number of likely N-dealkylation sites (N-methyl/N-ethyl adjacent to an activating group) is 1. The lowest BCUT2D eigenvalue weighted by Crippen LogP contribution is -2.43. The number of aliphatic imine (C=N–C) groups is 1. The van der Waals surface area contributed by atoms with Crippen molar-refractivity contribution in [1.82, 2.24) is 20.4 Å². The second-order valence-electron chi connectivity index (χ2n) is 6.91. The van der Waals surface area contributed by atoms with Crippen molar-refractivity contribution in [2.45, 2.75) is 25.9 Å². The van der Waals surface area contributed by atoms with Gasteiger partial charge in [0.25, 0.3) is 0 Å². The highest BCUT2D eigenvalue weighted by molar-refractivity contribution is 7.08. The lowest BCUT2D eigenvalue weighted by atomic mass is 10.00. The first-order chi connectivity index (χ1) is 12.0. The fourth-order valence-corrected chi connectivity index (χ4v) is 3.68. The summed E-state index contributed by atoms with van der Waals surface area (Å²) in [7, 11) is 2.19. The van der Waals surface area contributed by atoms with Crippen LogP contribution in [0.1, 0.15) is 25.8 Å². The zero-order valence-corrected chi connectivity index (χ0v) is 16.6. The number of hydrogen-bond donors (Lipinski definition) is 3. The van der Waals surface area contributed by atoms with Crippen molar-refractivity contribution in [3.8, 4) is 0 Å². The van der Waals surface area contributed by atoms with Crippen LogP contribution < -0.4 is 10.6 Å². The number of aliphatic hydroxyl groups is 1. The summed E-state index contributed by atoms with van der Waals surface area (Å²) in [5.41, 5.74) is -0.0108. The fourth-order valence-electron chi connectivity index (χ4n) is 2.89. The Labute approximate surface area is 155 Å². The van der Waals surface area contributed by atoms with Gasteiger partial charge < -0.3 is 25.5 Å². The number of nitrogens with one attached hydrogen (secondary N) is 2. The Kier molecular flexibility index (Phi) is 8.15. The normalized spacial score (nSPS) is 20.1. The van der Waals surface area contributed by atoms with Crippen molar-refractivity contribution in [3.05, 3.63) is 22.4 Å². The van der Waals surface area contributed by atoms with Gasteiger partial charge in [0, 0.05) is 32.7 Å². The molecule has 0 spiro atoms. The molecule has 0 amide bonds. The molecule has 0 bridgehead atoms. The van der Waals surface area contributed by atoms with E-state index in [-0.39, 0.29) is 0 Å². The third-order valence-electron chi connectivity index (χ3n) is 4.56. The van der Waals surface area contributed by atoms with Gasteiger partial charge in [0.05, 0.1) is 6.54 Å². The van der Waals surface area contributed by atoms with Crippen LogP contribution >= 0.6 is 11.3 Å². The third-order valence-corrected chi connectivity index (χ3v) is 5.25. The highest BCUT2D eigenvalue weighted by Crippen LogP contribution is 2.23. The number of hydrogen-bond acceptors (Lipinski definition) is 5. The molecule has 0 radical (unpaired) electrons. The molecule has 25 heavy (non-hydrogen) atoms. The smallest absolute Gasteiger partial charge is 0.191 e. The van der Waals surface area contributed by atoms with Crippen LogP contribution in [0.25, 0.3) is 0 Å². The van der Waals surface area contributed by atoms with E-state index in [4.69, 9.17) is 0 Å². The standard InChI is InChI=1S/C18H33N5OS/c1-4-19-17(21-15-18(2,24)16-6-13-25-14-16)20-7-10-23-9-5-8-22(3)11-12-23/h6,13-14,24H,4-5,7-12,15H2,1-3H3,(H2,19,20,21). The topological polar surface area (TPSA) is 63.1 Å². The first kappa shape index (κ1) is 20.2. The van der Waals surface area contributed by atoms with Gasteiger partial charge in [-0.1, -0.05) is 0 Å². The van der Waals surface area contributed by atoms with Gasteiger partial charge in [-0.3, -0.25) is 0 Å². The summed E-state index contributed by atoms with van der Waals surface area (Å²) in [4.78, 5) is 9.47. The van der Waals surface area contributed by atoms with E-state index in [9.17, 15) is 5.11 Å². The van der Waals surface area contributed by atoms with Crippen molar-refractivity contribution in [2.75, 3.05) is 59.4 Å². The number of guanidine groups is 1. The predicted octanol–water partition coefficient (Wildman–Crippen LogP) is 1.15. The van der Waals surface area contributed by atoms with Gasteiger partial charge in [0.2, 0.25) is 0 Å². The van der Waals surface area contributed by atoms with Crippen molar-refractivity contribution in [1.29, 1.82) is 0 Å². The molecule has 0 aromatic carbocycles. The third kappa shape index (κ3) is 6.93. The van der Waals surface area contributed by atoms with E-state index in [1.165, 1.54) is 13.0 Å². The second-order valence-corrected chi connectivity index (χ2v) is 7.69. The van der Waals surface area contributed by atoms with Crippen LogP contribution in [0.4, 0.5) is 0 Å². The summed E-state index contributed by atoms with van der Waals surface area (Å²) in [6.07, 6.45) is 1.23. The SMILES string of the molecule is CCNC(=NCC(C)(O)c1ccsc1)NCCN1CCCN(C)CC1. The molecule has 1 atom stereocenters. The molecule has 0 saturated carbocycles. The minimum Gasteiger partial charge on any atom is -0.383 e. The molecule has 1 fully saturated rings. The van der Waals surface area contributed by atoms with Gasteiger partial charge in [-0.15, -0.1) is 0 Å². The van der Waals surface area contributed by atoms with Crippen molar-refractivity contribution in [2.24, 2.45) is 4.99 Å². The van der Waals surface area contributed by atoms with E-state index >= 15 is 0 Å². The van der Waals surface area contributed by atoms with E-state index < -0.39 is 5.60 Å². The molecule has 1 aromatic heterocycles. The van der Waals surface area contributed by atoms with Gasteiger partial charge in [-0.05, 0) is 62.8 Å². The molecule has 142 valence electrons. The van der Waals surface area contributed by atoms with E-state index in [2.05, 4.69) is 39.4 Å². The van der Waals surface area contributed by atoms with Crippen LogP contribution in [0.3, 0.4) is 0 Å². The summed E-state index contributed by atoms with van der Waals surface area (Å²) in [5, 5.41) is 21.2. The quantitative estimate of drug-likeness (QED) is 0.498. The summed E-state index contributed by atoms with van der Waals surface area (Å²) >= 11 is 1.59. The Balaban J connectivity index is 1.81. The first-order valence-corrected chi connectivity index (χ1v) is 10.1. The molecule has 7 heteroatoms. The van der Waals surface area contributed by atoms with E-state index in [0.717, 1.165) is 50.8 Å². The Morgan fingerprint density at radius 1 is 1.32 bits per heavy atom. The summed E-state index contributed by atoms with van der Waals surface area (Å²) in [6, 6.07) is 1.96. The van der Waals surface area contributed by atoms with Gasteiger partial charge in [-0.2, -0.15) is 11.3 Å². The first-order valence-electron chi connectivity index (χ1n) is 9.19. The Morgan fingerprint density at radius 2 is 2.16 bits per heavy atom. The van der Waals surface area contributed by atoms with E-state index in [1.54, 1.807) is 11.3 Å². The molecule has 1 unspecified atom stereocenters. The maximum Gasteiger partial charge on any atom is 0.191 e. The van der Waals surface area contributed by atoms with Crippen LogP contribution in [0.5, 0.6) is 0 Å².